The molecular formula is C5H11NO2. The Morgan fingerprint density at radius 3 is 1.88 bits per heavy atom. The van der Waals surface area contributed by atoms with E-state index >= 15 is 0 Å². The standard InChI is InChI=1S/C5H11NO2/c1-4(6-8)5(2,3)7/h7-8H,1-3H3/b6-4-. The van der Waals surface area contributed by atoms with E-state index in [0.29, 0.717) is 5.71 Å². The average molecular weight is 117 g/mol. The van der Waals surface area contributed by atoms with Crippen molar-refractivity contribution in [3.8, 4) is 0 Å². The van der Waals surface area contributed by atoms with Crippen LogP contribution in [0.25, 0.3) is 0 Å². The summed E-state index contributed by atoms with van der Waals surface area (Å²) in [4.78, 5) is 0. The molecule has 0 saturated heterocycles. The number of rotatable bonds is 1. The quantitative estimate of drug-likeness (QED) is 0.300. The molecule has 0 atom stereocenters. The van der Waals surface area contributed by atoms with Gasteiger partial charge >= 0.3 is 0 Å². The topological polar surface area (TPSA) is 52.8 Å². The van der Waals surface area contributed by atoms with Crippen molar-refractivity contribution in [1.82, 2.24) is 0 Å². The highest BCUT2D eigenvalue weighted by atomic mass is 16.4. The van der Waals surface area contributed by atoms with Gasteiger partial charge in [-0.05, 0) is 20.8 Å². The number of aliphatic hydroxyl groups is 1. The van der Waals surface area contributed by atoms with Gasteiger partial charge in [-0.1, -0.05) is 5.16 Å². The highest BCUT2D eigenvalue weighted by Crippen LogP contribution is 2.02. The minimum atomic E-state index is -0.991. The van der Waals surface area contributed by atoms with E-state index in [4.69, 9.17) is 10.3 Å². The molecule has 0 heterocycles. The molecular weight excluding hydrogens is 106 g/mol. The molecule has 3 nitrogen and oxygen atoms in total. The zero-order chi connectivity index (χ0) is 6.78. The molecule has 0 aromatic heterocycles. The van der Waals surface area contributed by atoms with E-state index in [1.807, 2.05) is 0 Å². The number of hydrogen-bond acceptors (Lipinski definition) is 3. The van der Waals surface area contributed by atoms with Crippen LogP contribution in [0, 0.1) is 0 Å². The molecule has 0 aliphatic carbocycles. The fourth-order valence-corrected chi connectivity index (χ4v) is 0.122. The molecule has 0 unspecified atom stereocenters. The third-order valence-electron chi connectivity index (χ3n) is 1.04. The molecule has 2 N–H and O–H groups in total. The van der Waals surface area contributed by atoms with Crippen molar-refractivity contribution in [2.75, 3.05) is 0 Å². The summed E-state index contributed by atoms with van der Waals surface area (Å²) in [7, 11) is 0. The number of oxime groups is 1. The summed E-state index contributed by atoms with van der Waals surface area (Å²) in [5.74, 6) is 0. The van der Waals surface area contributed by atoms with E-state index in [2.05, 4.69) is 5.16 Å². The van der Waals surface area contributed by atoms with Gasteiger partial charge in [-0.2, -0.15) is 0 Å². The maximum absolute atomic E-state index is 9.00. The van der Waals surface area contributed by atoms with E-state index in [0.717, 1.165) is 0 Å². The molecule has 8 heavy (non-hydrogen) atoms. The lowest BCUT2D eigenvalue weighted by Crippen LogP contribution is -2.28. The molecule has 0 aromatic rings. The third-order valence-corrected chi connectivity index (χ3v) is 1.04. The molecule has 0 fully saturated rings. The second kappa shape index (κ2) is 2.13. The summed E-state index contributed by atoms with van der Waals surface area (Å²) in [6, 6.07) is 0. The molecule has 0 rings (SSSR count). The lowest BCUT2D eigenvalue weighted by Gasteiger charge is -2.13. The van der Waals surface area contributed by atoms with Gasteiger partial charge in [0.1, 0.15) is 5.60 Å². The van der Waals surface area contributed by atoms with Gasteiger partial charge in [0.25, 0.3) is 0 Å². The Balaban J connectivity index is 4.03. The largest absolute Gasteiger partial charge is 0.411 e. The third kappa shape index (κ3) is 1.93. The monoisotopic (exact) mass is 117 g/mol. The van der Waals surface area contributed by atoms with Gasteiger partial charge < -0.3 is 10.3 Å². The predicted octanol–water partition coefficient (Wildman–Crippen LogP) is 0.607. The van der Waals surface area contributed by atoms with E-state index in [1.165, 1.54) is 0 Å². The molecule has 0 aliphatic heterocycles. The highest BCUT2D eigenvalue weighted by Gasteiger charge is 2.16. The van der Waals surface area contributed by atoms with Crippen LogP contribution in [-0.4, -0.2) is 21.6 Å². The number of hydrogen-bond donors (Lipinski definition) is 2. The lowest BCUT2D eigenvalue weighted by atomic mass is 10.1. The molecule has 0 bridgehead atoms. The predicted molar refractivity (Wildman–Crippen MR) is 31.2 cm³/mol. The average Bonchev–Trinajstić information content (AvgIpc) is 1.62. The summed E-state index contributed by atoms with van der Waals surface area (Å²) in [5, 5.41) is 19.9. The van der Waals surface area contributed by atoms with Gasteiger partial charge in [-0.15, -0.1) is 0 Å². The van der Waals surface area contributed by atoms with Gasteiger partial charge in [0, 0.05) is 0 Å². The molecule has 48 valence electrons. The van der Waals surface area contributed by atoms with Crippen LogP contribution >= 0.6 is 0 Å². The van der Waals surface area contributed by atoms with Crippen LogP contribution in [-0.2, 0) is 0 Å². The summed E-state index contributed by atoms with van der Waals surface area (Å²) in [6.45, 7) is 4.67. The Bertz CT molecular complexity index is 101. The van der Waals surface area contributed by atoms with Gasteiger partial charge in [0.05, 0.1) is 5.71 Å². The van der Waals surface area contributed by atoms with E-state index in [1.54, 1.807) is 20.8 Å². The normalized spacial score (nSPS) is 14.2. The maximum Gasteiger partial charge on any atom is 0.100 e. The first-order chi connectivity index (χ1) is 3.48. The highest BCUT2D eigenvalue weighted by molar-refractivity contribution is 5.88. The first kappa shape index (κ1) is 7.43. The second-order valence-electron chi connectivity index (χ2n) is 2.24. The Morgan fingerprint density at radius 2 is 1.88 bits per heavy atom. The molecule has 0 saturated carbocycles. The molecule has 0 aromatic carbocycles. The first-order valence-corrected chi connectivity index (χ1v) is 2.40. The fraction of sp³-hybridized carbons (Fsp3) is 0.800. The Hall–Kier alpha value is -0.570. The smallest absolute Gasteiger partial charge is 0.100 e. The molecule has 0 radical (unpaired) electrons. The van der Waals surface area contributed by atoms with Crippen LogP contribution in [0.3, 0.4) is 0 Å². The fourth-order valence-electron chi connectivity index (χ4n) is 0.122. The minimum Gasteiger partial charge on any atom is -0.411 e. The van der Waals surface area contributed by atoms with Crippen LogP contribution in [0.1, 0.15) is 20.8 Å². The van der Waals surface area contributed by atoms with Crippen molar-refractivity contribution in [2.45, 2.75) is 26.4 Å². The van der Waals surface area contributed by atoms with Crippen LogP contribution in [0.15, 0.2) is 5.16 Å². The minimum absolute atomic E-state index is 0.317. The van der Waals surface area contributed by atoms with E-state index in [9.17, 15) is 0 Å². The van der Waals surface area contributed by atoms with Crippen molar-refractivity contribution in [3.63, 3.8) is 0 Å². The molecule has 0 spiro atoms. The van der Waals surface area contributed by atoms with Crippen molar-refractivity contribution < 1.29 is 10.3 Å². The zero-order valence-electron chi connectivity index (χ0n) is 5.34. The van der Waals surface area contributed by atoms with Crippen LogP contribution < -0.4 is 0 Å². The van der Waals surface area contributed by atoms with Crippen LogP contribution in [0.4, 0.5) is 0 Å². The SMILES string of the molecule is C/C(=N/O)C(C)(C)O. The number of nitrogens with zero attached hydrogens (tertiary/aromatic N) is 1. The van der Waals surface area contributed by atoms with Crippen LogP contribution in [0.2, 0.25) is 0 Å². The summed E-state index contributed by atoms with van der Waals surface area (Å²) < 4.78 is 0. The zero-order valence-corrected chi connectivity index (χ0v) is 5.34. The Kier molecular flexibility index (Phi) is 1.98. The molecule has 0 aliphatic rings. The second-order valence-corrected chi connectivity index (χ2v) is 2.24. The van der Waals surface area contributed by atoms with Crippen molar-refractivity contribution >= 4 is 5.71 Å². The maximum atomic E-state index is 9.00. The van der Waals surface area contributed by atoms with Crippen molar-refractivity contribution in [3.05, 3.63) is 0 Å². The lowest BCUT2D eigenvalue weighted by molar-refractivity contribution is 0.147. The van der Waals surface area contributed by atoms with E-state index in [-0.39, 0.29) is 0 Å². The van der Waals surface area contributed by atoms with Gasteiger partial charge in [0.2, 0.25) is 0 Å². The molecule has 0 amide bonds. The Morgan fingerprint density at radius 1 is 1.50 bits per heavy atom. The van der Waals surface area contributed by atoms with Crippen molar-refractivity contribution in [1.29, 1.82) is 0 Å². The van der Waals surface area contributed by atoms with Gasteiger partial charge in [0.15, 0.2) is 0 Å². The van der Waals surface area contributed by atoms with Crippen LogP contribution in [0.5, 0.6) is 0 Å². The van der Waals surface area contributed by atoms with Gasteiger partial charge in [-0.3, -0.25) is 0 Å². The van der Waals surface area contributed by atoms with E-state index < -0.39 is 5.60 Å². The molecule has 3 heteroatoms. The summed E-state index contributed by atoms with van der Waals surface area (Å²) in [6.07, 6.45) is 0. The summed E-state index contributed by atoms with van der Waals surface area (Å²) in [5.41, 5.74) is -0.674. The first-order valence-electron chi connectivity index (χ1n) is 2.40. The summed E-state index contributed by atoms with van der Waals surface area (Å²) >= 11 is 0. The van der Waals surface area contributed by atoms with Crippen molar-refractivity contribution in [2.24, 2.45) is 5.16 Å². The van der Waals surface area contributed by atoms with Gasteiger partial charge in [-0.25, -0.2) is 0 Å². The Labute approximate surface area is 48.6 Å².